The van der Waals surface area contributed by atoms with E-state index in [1.807, 2.05) is 6.92 Å². The van der Waals surface area contributed by atoms with E-state index in [1.54, 1.807) is 13.2 Å². The molecule has 0 bridgehead atoms. The van der Waals surface area contributed by atoms with Crippen LogP contribution < -0.4 is 10.6 Å². The quantitative estimate of drug-likeness (QED) is 0.775. The Balaban J connectivity index is 2.62. The maximum absolute atomic E-state index is 12.0. The van der Waals surface area contributed by atoms with Gasteiger partial charge in [-0.25, -0.2) is 4.98 Å². The van der Waals surface area contributed by atoms with Gasteiger partial charge in [0.2, 0.25) is 0 Å². The summed E-state index contributed by atoms with van der Waals surface area (Å²) in [5.74, 6) is 0.433. The van der Waals surface area contributed by atoms with Gasteiger partial charge >= 0.3 is 0 Å². The number of carbonyl (C=O) groups is 1. The first-order valence-corrected chi connectivity index (χ1v) is 7.15. The number of amides is 1. The summed E-state index contributed by atoms with van der Waals surface area (Å²) in [5, 5.41) is 6.44. The first-order valence-electron chi connectivity index (χ1n) is 6.77. The van der Waals surface area contributed by atoms with Crippen LogP contribution in [0, 0.1) is 0 Å². The molecule has 0 spiro atoms. The summed E-state index contributed by atoms with van der Waals surface area (Å²) < 4.78 is 4.98. The van der Waals surface area contributed by atoms with E-state index in [4.69, 9.17) is 16.3 Å². The number of hydrogen-bond acceptors (Lipinski definition) is 4. The second-order valence-electron chi connectivity index (χ2n) is 4.64. The predicted molar refractivity (Wildman–Crippen MR) is 81.4 cm³/mol. The highest BCUT2D eigenvalue weighted by atomic mass is 35.5. The molecule has 0 saturated carbocycles. The molecule has 2 N–H and O–H groups in total. The molecule has 1 heterocycles. The minimum atomic E-state index is -0.176. The third-order valence-corrected chi connectivity index (χ3v) is 3.07. The smallest absolute Gasteiger partial charge is 0.253 e. The van der Waals surface area contributed by atoms with Crippen LogP contribution in [-0.4, -0.2) is 37.2 Å². The van der Waals surface area contributed by atoms with Gasteiger partial charge in [0, 0.05) is 32.5 Å². The molecular formula is C14H22ClN3O2. The van der Waals surface area contributed by atoms with Crippen LogP contribution in [0.3, 0.4) is 0 Å². The van der Waals surface area contributed by atoms with Crippen LogP contribution >= 0.6 is 11.6 Å². The zero-order valence-corrected chi connectivity index (χ0v) is 13.0. The summed E-state index contributed by atoms with van der Waals surface area (Å²) >= 11 is 6.10. The van der Waals surface area contributed by atoms with Gasteiger partial charge in [0.15, 0.2) is 0 Å². The van der Waals surface area contributed by atoms with Crippen molar-refractivity contribution in [3.8, 4) is 0 Å². The minimum absolute atomic E-state index is 0.0409. The van der Waals surface area contributed by atoms with Crippen molar-refractivity contribution in [2.75, 3.05) is 25.6 Å². The van der Waals surface area contributed by atoms with Crippen LogP contribution in [-0.2, 0) is 4.74 Å². The van der Waals surface area contributed by atoms with E-state index in [0.29, 0.717) is 23.0 Å². The van der Waals surface area contributed by atoms with Crippen molar-refractivity contribution in [1.82, 2.24) is 10.3 Å². The van der Waals surface area contributed by atoms with Gasteiger partial charge in [0.1, 0.15) is 5.82 Å². The third kappa shape index (κ3) is 5.35. The highest BCUT2D eigenvalue weighted by Crippen LogP contribution is 2.20. The maximum atomic E-state index is 12.0. The second kappa shape index (κ2) is 8.76. The summed E-state index contributed by atoms with van der Waals surface area (Å²) in [6.45, 7) is 5.40. The van der Waals surface area contributed by atoms with Gasteiger partial charge in [0.25, 0.3) is 5.91 Å². The van der Waals surface area contributed by atoms with E-state index in [0.717, 1.165) is 19.4 Å². The predicted octanol–water partition coefficient (Wildman–Crippen LogP) is 2.71. The number of ether oxygens (including phenoxy) is 1. The summed E-state index contributed by atoms with van der Waals surface area (Å²) in [6, 6.07) is 1.67. The van der Waals surface area contributed by atoms with E-state index in [1.165, 1.54) is 6.20 Å². The molecule has 112 valence electrons. The average Bonchev–Trinajstić information content (AvgIpc) is 2.43. The Morgan fingerprint density at radius 1 is 1.55 bits per heavy atom. The number of rotatable bonds is 8. The molecule has 0 aliphatic carbocycles. The largest absolute Gasteiger partial charge is 0.385 e. The van der Waals surface area contributed by atoms with E-state index in [9.17, 15) is 4.79 Å². The number of nitrogens with one attached hydrogen (secondary N) is 2. The van der Waals surface area contributed by atoms with Gasteiger partial charge in [-0.3, -0.25) is 4.79 Å². The molecule has 0 aromatic carbocycles. The van der Waals surface area contributed by atoms with Gasteiger partial charge in [-0.05, 0) is 25.8 Å². The topological polar surface area (TPSA) is 63.2 Å². The van der Waals surface area contributed by atoms with Crippen LogP contribution in [0.1, 0.15) is 37.0 Å². The molecule has 1 aromatic heterocycles. The summed E-state index contributed by atoms with van der Waals surface area (Å²) in [6.07, 6.45) is 3.28. The number of halogens is 1. The molecule has 1 atom stereocenters. The maximum Gasteiger partial charge on any atom is 0.253 e. The van der Waals surface area contributed by atoms with E-state index >= 15 is 0 Å². The van der Waals surface area contributed by atoms with Crippen molar-refractivity contribution >= 4 is 23.3 Å². The molecule has 0 saturated heterocycles. The van der Waals surface area contributed by atoms with E-state index < -0.39 is 0 Å². The Bertz CT molecular complexity index is 440. The Morgan fingerprint density at radius 3 is 2.90 bits per heavy atom. The molecule has 1 unspecified atom stereocenters. The molecule has 20 heavy (non-hydrogen) atoms. The van der Waals surface area contributed by atoms with Gasteiger partial charge in [-0.15, -0.1) is 0 Å². The van der Waals surface area contributed by atoms with E-state index in [2.05, 4.69) is 22.5 Å². The second-order valence-corrected chi connectivity index (χ2v) is 5.04. The Morgan fingerprint density at radius 2 is 2.30 bits per heavy atom. The molecule has 0 radical (unpaired) electrons. The van der Waals surface area contributed by atoms with Crippen molar-refractivity contribution < 1.29 is 9.53 Å². The fourth-order valence-corrected chi connectivity index (χ4v) is 1.84. The molecule has 1 amide bonds. The SMILES string of the molecule is CCCNc1ncc(C(=O)NC(C)CCOC)cc1Cl. The highest BCUT2D eigenvalue weighted by molar-refractivity contribution is 6.33. The first kappa shape index (κ1) is 16.7. The molecule has 6 heteroatoms. The van der Waals surface area contributed by atoms with Crippen molar-refractivity contribution in [1.29, 1.82) is 0 Å². The lowest BCUT2D eigenvalue weighted by atomic mass is 10.2. The number of pyridine rings is 1. The normalized spacial score (nSPS) is 12.0. The standard InChI is InChI=1S/C14H22ClN3O2/c1-4-6-16-13-12(15)8-11(9-17-13)14(19)18-10(2)5-7-20-3/h8-10H,4-7H2,1-3H3,(H,16,17)(H,18,19). The third-order valence-electron chi connectivity index (χ3n) is 2.78. The first-order chi connectivity index (χ1) is 9.58. The number of hydrogen-bond donors (Lipinski definition) is 2. The van der Waals surface area contributed by atoms with Crippen LogP contribution in [0.15, 0.2) is 12.3 Å². The lowest BCUT2D eigenvalue weighted by Crippen LogP contribution is -2.33. The number of nitrogens with zero attached hydrogens (tertiary/aromatic N) is 1. The van der Waals surface area contributed by atoms with Gasteiger partial charge in [-0.2, -0.15) is 0 Å². The van der Waals surface area contributed by atoms with Crippen LogP contribution in [0.4, 0.5) is 5.82 Å². The van der Waals surface area contributed by atoms with Crippen LogP contribution in [0.2, 0.25) is 5.02 Å². The number of anilines is 1. The monoisotopic (exact) mass is 299 g/mol. The van der Waals surface area contributed by atoms with Crippen molar-refractivity contribution in [3.05, 3.63) is 22.8 Å². The highest BCUT2D eigenvalue weighted by Gasteiger charge is 2.12. The lowest BCUT2D eigenvalue weighted by Gasteiger charge is -2.14. The number of methoxy groups -OCH3 is 1. The van der Waals surface area contributed by atoms with Crippen molar-refractivity contribution in [3.63, 3.8) is 0 Å². The summed E-state index contributed by atoms with van der Waals surface area (Å²) in [4.78, 5) is 16.2. The number of carbonyl (C=O) groups excluding carboxylic acids is 1. The van der Waals surface area contributed by atoms with Crippen molar-refractivity contribution in [2.45, 2.75) is 32.7 Å². The summed E-state index contributed by atoms with van der Waals surface area (Å²) in [7, 11) is 1.64. The Kier molecular flexibility index (Phi) is 7.33. The summed E-state index contributed by atoms with van der Waals surface area (Å²) in [5.41, 5.74) is 0.460. The Labute approximate surface area is 125 Å². The molecule has 5 nitrogen and oxygen atoms in total. The van der Waals surface area contributed by atoms with Gasteiger partial charge in [0.05, 0.1) is 10.6 Å². The molecule has 0 aliphatic heterocycles. The molecule has 1 rings (SSSR count). The van der Waals surface area contributed by atoms with Crippen LogP contribution in [0.25, 0.3) is 0 Å². The average molecular weight is 300 g/mol. The molecule has 0 fully saturated rings. The fourth-order valence-electron chi connectivity index (χ4n) is 1.61. The number of aromatic nitrogens is 1. The zero-order valence-electron chi connectivity index (χ0n) is 12.2. The van der Waals surface area contributed by atoms with Gasteiger partial charge in [-0.1, -0.05) is 18.5 Å². The van der Waals surface area contributed by atoms with E-state index in [-0.39, 0.29) is 11.9 Å². The van der Waals surface area contributed by atoms with Gasteiger partial charge < -0.3 is 15.4 Å². The minimum Gasteiger partial charge on any atom is -0.385 e. The molecular weight excluding hydrogens is 278 g/mol. The fraction of sp³-hybridized carbons (Fsp3) is 0.571. The van der Waals surface area contributed by atoms with Crippen LogP contribution in [0.5, 0.6) is 0 Å². The Hall–Kier alpha value is -1.33. The molecule has 0 aliphatic rings. The van der Waals surface area contributed by atoms with Crippen molar-refractivity contribution in [2.24, 2.45) is 0 Å². The zero-order chi connectivity index (χ0) is 15.0. The molecule has 1 aromatic rings. The lowest BCUT2D eigenvalue weighted by molar-refractivity contribution is 0.0929.